The maximum Gasteiger partial charge on any atom is 0.222 e. The molecule has 0 unspecified atom stereocenters. The van der Waals surface area contributed by atoms with Crippen molar-refractivity contribution in [3.05, 3.63) is 18.6 Å². The maximum absolute atomic E-state index is 5.38. The predicted molar refractivity (Wildman–Crippen MR) is 43.1 cm³/mol. The van der Waals surface area contributed by atoms with Crippen molar-refractivity contribution < 1.29 is 4.52 Å². The average Bonchev–Trinajstić information content (AvgIpc) is 2.58. The molecule has 0 aliphatic rings. The van der Waals surface area contributed by atoms with Gasteiger partial charge < -0.3 is 14.8 Å². The molecule has 0 atom stereocenters. The molecule has 2 rings (SSSR count). The van der Waals surface area contributed by atoms with Crippen molar-refractivity contribution in [2.45, 2.75) is 0 Å². The first-order valence-corrected chi connectivity index (χ1v) is 3.46. The summed E-state index contributed by atoms with van der Waals surface area (Å²) in [6.45, 7) is 0. The molecule has 2 aromatic heterocycles. The van der Waals surface area contributed by atoms with Crippen LogP contribution in [0.2, 0.25) is 0 Å². The first kappa shape index (κ1) is 6.90. The molecule has 0 fully saturated rings. The second-order valence-electron chi connectivity index (χ2n) is 2.50. The Balaban J connectivity index is 2.50. The Morgan fingerprint density at radius 3 is 2.92 bits per heavy atom. The number of nitrogen functional groups attached to an aromatic ring is 1. The SMILES string of the molecule is Cn1cncc1-c1cc(N)on1. The van der Waals surface area contributed by atoms with Crippen molar-refractivity contribution in [1.82, 2.24) is 14.7 Å². The van der Waals surface area contributed by atoms with E-state index in [1.165, 1.54) is 0 Å². The van der Waals surface area contributed by atoms with Gasteiger partial charge in [0.15, 0.2) is 0 Å². The summed E-state index contributed by atoms with van der Waals surface area (Å²) in [5, 5.41) is 3.76. The van der Waals surface area contributed by atoms with Crippen LogP contribution >= 0.6 is 0 Å². The molecule has 0 aliphatic carbocycles. The molecule has 0 bridgehead atoms. The van der Waals surface area contributed by atoms with E-state index in [0.717, 1.165) is 5.69 Å². The Kier molecular flexibility index (Phi) is 1.36. The highest BCUT2D eigenvalue weighted by Crippen LogP contribution is 2.18. The van der Waals surface area contributed by atoms with Crippen molar-refractivity contribution >= 4 is 5.88 Å². The molecule has 12 heavy (non-hydrogen) atoms. The molecule has 0 spiro atoms. The lowest BCUT2D eigenvalue weighted by atomic mass is 10.3. The van der Waals surface area contributed by atoms with Gasteiger partial charge in [-0.3, -0.25) is 0 Å². The van der Waals surface area contributed by atoms with Gasteiger partial charge in [-0.1, -0.05) is 5.16 Å². The molecule has 2 aromatic rings. The van der Waals surface area contributed by atoms with Gasteiger partial charge in [0.1, 0.15) is 5.69 Å². The molecule has 5 nitrogen and oxygen atoms in total. The van der Waals surface area contributed by atoms with Gasteiger partial charge in [-0.15, -0.1) is 0 Å². The van der Waals surface area contributed by atoms with E-state index in [1.54, 1.807) is 18.6 Å². The minimum atomic E-state index is 0.311. The van der Waals surface area contributed by atoms with Crippen molar-refractivity contribution in [3.63, 3.8) is 0 Å². The summed E-state index contributed by atoms with van der Waals surface area (Å²) in [7, 11) is 1.88. The highest BCUT2D eigenvalue weighted by Gasteiger charge is 2.06. The number of hydrogen-bond acceptors (Lipinski definition) is 4. The third kappa shape index (κ3) is 0.952. The fourth-order valence-electron chi connectivity index (χ4n) is 1.01. The van der Waals surface area contributed by atoms with E-state index in [-0.39, 0.29) is 0 Å². The van der Waals surface area contributed by atoms with E-state index in [1.807, 2.05) is 11.6 Å². The predicted octanol–water partition coefficient (Wildman–Crippen LogP) is 0.657. The normalized spacial score (nSPS) is 10.4. The van der Waals surface area contributed by atoms with Crippen LogP contribution in [0.1, 0.15) is 0 Å². The molecule has 62 valence electrons. The zero-order valence-corrected chi connectivity index (χ0v) is 6.56. The van der Waals surface area contributed by atoms with E-state index in [4.69, 9.17) is 10.3 Å². The Morgan fingerprint density at radius 2 is 2.42 bits per heavy atom. The van der Waals surface area contributed by atoms with Crippen LogP contribution in [0, 0.1) is 0 Å². The Bertz CT molecular complexity index is 390. The largest absolute Gasteiger partial charge is 0.368 e. The topological polar surface area (TPSA) is 69.9 Å². The van der Waals surface area contributed by atoms with Crippen molar-refractivity contribution in [2.24, 2.45) is 7.05 Å². The van der Waals surface area contributed by atoms with Gasteiger partial charge in [-0.25, -0.2) is 4.98 Å². The zero-order valence-electron chi connectivity index (χ0n) is 6.56. The summed E-state index contributed by atoms with van der Waals surface area (Å²) in [5.41, 5.74) is 6.96. The summed E-state index contributed by atoms with van der Waals surface area (Å²) in [4.78, 5) is 3.95. The van der Waals surface area contributed by atoms with Gasteiger partial charge in [0.05, 0.1) is 18.2 Å². The van der Waals surface area contributed by atoms with Crippen LogP contribution in [-0.2, 0) is 7.05 Å². The molecule has 0 aromatic carbocycles. The third-order valence-corrected chi connectivity index (χ3v) is 1.61. The van der Waals surface area contributed by atoms with Gasteiger partial charge in [-0.2, -0.15) is 0 Å². The molecule has 0 aliphatic heterocycles. The number of rotatable bonds is 1. The minimum Gasteiger partial charge on any atom is -0.368 e. The molecule has 5 heteroatoms. The summed E-state index contributed by atoms with van der Waals surface area (Å²) < 4.78 is 6.57. The lowest BCUT2D eigenvalue weighted by Gasteiger charge is -1.93. The van der Waals surface area contributed by atoms with Gasteiger partial charge in [0, 0.05) is 13.1 Å². The maximum atomic E-state index is 5.38. The van der Waals surface area contributed by atoms with Gasteiger partial charge in [0.25, 0.3) is 0 Å². The van der Waals surface area contributed by atoms with E-state index in [0.29, 0.717) is 11.6 Å². The fraction of sp³-hybridized carbons (Fsp3) is 0.143. The summed E-state index contributed by atoms with van der Waals surface area (Å²) in [5.74, 6) is 0.311. The highest BCUT2D eigenvalue weighted by atomic mass is 16.5. The van der Waals surface area contributed by atoms with Gasteiger partial charge in [-0.05, 0) is 0 Å². The van der Waals surface area contributed by atoms with Crippen LogP contribution < -0.4 is 5.73 Å². The smallest absolute Gasteiger partial charge is 0.222 e. The van der Waals surface area contributed by atoms with Crippen molar-refractivity contribution in [1.29, 1.82) is 0 Å². The molecular formula is C7H8N4O. The van der Waals surface area contributed by atoms with Crippen molar-refractivity contribution in [2.75, 3.05) is 5.73 Å². The minimum absolute atomic E-state index is 0.311. The first-order valence-electron chi connectivity index (χ1n) is 3.46. The lowest BCUT2D eigenvalue weighted by molar-refractivity contribution is 0.438. The van der Waals surface area contributed by atoms with Crippen LogP contribution in [0.4, 0.5) is 5.88 Å². The van der Waals surface area contributed by atoms with Crippen LogP contribution in [0.25, 0.3) is 11.4 Å². The molecular weight excluding hydrogens is 156 g/mol. The number of hydrogen-bond donors (Lipinski definition) is 1. The molecule has 2 N–H and O–H groups in total. The standard InChI is InChI=1S/C7H8N4O/c1-11-4-9-3-6(11)5-2-7(8)12-10-5/h2-4H,8H2,1H3. The lowest BCUT2D eigenvalue weighted by Crippen LogP contribution is -1.88. The number of imidazole rings is 1. The van der Waals surface area contributed by atoms with E-state index in [2.05, 4.69) is 10.1 Å². The van der Waals surface area contributed by atoms with Crippen LogP contribution in [0.5, 0.6) is 0 Å². The molecule has 0 amide bonds. The number of anilines is 1. The number of aromatic nitrogens is 3. The Labute approximate surface area is 68.8 Å². The Hall–Kier alpha value is -1.78. The van der Waals surface area contributed by atoms with E-state index >= 15 is 0 Å². The van der Waals surface area contributed by atoms with Crippen LogP contribution in [0.15, 0.2) is 23.1 Å². The molecule has 2 heterocycles. The average molecular weight is 164 g/mol. The van der Waals surface area contributed by atoms with Gasteiger partial charge >= 0.3 is 0 Å². The Morgan fingerprint density at radius 1 is 1.58 bits per heavy atom. The molecule has 0 radical (unpaired) electrons. The van der Waals surface area contributed by atoms with Crippen LogP contribution in [0.3, 0.4) is 0 Å². The summed E-state index contributed by atoms with van der Waals surface area (Å²) in [6.07, 6.45) is 3.40. The van der Waals surface area contributed by atoms with Crippen LogP contribution in [-0.4, -0.2) is 14.7 Å². The monoisotopic (exact) mass is 164 g/mol. The number of nitrogens with two attached hydrogens (primary N) is 1. The second-order valence-corrected chi connectivity index (χ2v) is 2.50. The fourth-order valence-corrected chi connectivity index (χ4v) is 1.01. The van der Waals surface area contributed by atoms with E-state index in [9.17, 15) is 0 Å². The third-order valence-electron chi connectivity index (χ3n) is 1.61. The van der Waals surface area contributed by atoms with E-state index < -0.39 is 0 Å². The number of nitrogens with zero attached hydrogens (tertiary/aromatic N) is 3. The molecule has 0 saturated carbocycles. The van der Waals surface area contributed by atoms with Crippen molar-refractivity contribution in [3.8, 4) is 11.4 Å². The zero-order chi connectivity index (χ0) is 8.55. The quantitative estimate of drug-likeness (QED) is 0.672. The van der Waals surface area contributed by atoms with Gasteiger partial charge in [0.2, 0.25) is 5.88 Å². The summed E-state index contributed by atoms with van der Waals surface area (Å²) >= 11 is 0. The molecule has 0 saturated heterocycles. The summed E-state index contributed by atoms with van der Waals surface area (Å²) in [6, 6.07) is 1.66. The highest BCUT2D eigenvalue weighted by molar-refractivity contribution is 5.56. The second kappa shape index (κ2) is 2.37. The number of aryl methyl sites for hydroxylation is 1. The first-order chi connectivity index (χ1) is 5.77.